The van der Waals surface area contributed by atoms with E-state index in [0.29, 0.717) is 22.3 Å². The van der Waals surface area contributed by atoms with Crippen LogP contribution in [0.15, 0.2) is 84.0 Å². The third-order valence-corrected chi connectivity index (χ3v) is 6.60. The van der Waals surface area contributed by atoms with Crippen LogP contribution in [0, 0.1) is 0 Å². The number of ether oxygens (including phenoxy) is 1. The average Bonchev–Trinajstić information content (AvgIpc) is 3.11. The van der Waals surface area contributed by atoms with Gasteiger partial charge in [-0.3, -0.25) is 4.79 Å². The highest BCUT2D eigenvalue weighted by Crippen LogP contribution is 2.58. The largest absolute Gasteiger partial charge is 0.508 e. The number of nitrogens with zero attached hydrogens (tertiary/aromatic N) is 2. The summed E-state index contributed by atoms with van der Waals surface area (Å²) in [5.74, 6) is -1.82. The number of carboxylic acid groups (broad SMARTS) is 1. The van der Waals surface area contributed by atoms with E-state index in [0.717, 1.165) is 0 Å². The molecule has 0 unspecified atom stereocenters. The smallest absolute Gasteiger partial charge is 0.339 e. The van der Waals surface area contributed by atoms with Crippen LogP contribution < -0.4 is 4.74 Å². The molecular formula is C28H18N2O7. The van der Waals surface area contributed by atoms with Gasteiger partial charge in [-0.2, -0.15) is 5.10 Å². The lowest BCUT2D eigenvalue weighted by molar-refractivity contribution is 0.0670. The number of benzene rings is 4. The second-order valence-electron chi connectivity index (χ2n) is 8.63. The molecule has 37 heavy (non-hydrogen) atoms. The Labute approximate surface area is 209 Å². The Balaban J connectivity index is 1.65. The molecule has 4 N–H and O–H groups in total. The molecule has 2 aliphatic heterocycles. The molecule has 2 heterocycles. The molecule has 0 radical (unpaired) electrons. The second-order valence-corrected chi connectivity index (χ2v) is 8.63. The first-order chi connectivity index (χ1) is 17.8. The van der Waals surface area contributed by atoms with E-state index < -0.39 is 23.2 Å². The SMILES string of the molecule is O=C(O)c1cccc(C=NN2C(=O)c3ccccc3C23c2ccc(O)cc2Oc2cc(O)ccc23)c1O. The van der Waals surface area contributed by atoms with E-state index in [1.54, 1.807) is 36.4 Å². The molecule has 1 amide bonds. The number of carbonyl (C=O) groups is 2. The van der Waals surface area contributed by atoms with Gasteiger partial charge in [-0.1, -0.05) is 24.3 Å². The third kappa shape index (κ3) is 3.07. The number of phenolic OH excluding ortho intramolecular Hbond substituents is 2. The highest BCUT2D eigenvalue weighted by Gasteiger charge is 2.57. The van der Waals surface area contributed by atoms with Gasteiger partial charge in [0.05, 0.1) is 6.21 Å². The molecule has 1 spiro atoms. The number of amides is 1. The van der Waals surface area contributed by atoms with Gasteiger partial charge in [0.1, 0.15) is 39.8 Å². The Morgan fingerprint density at radius 1 is 0.838 bits per heavy atom. The third-order valence-electron chi connectivity index (χ3n) is 6.60. The summed E-state index contributed by atoms with van der Waals surface area (Å²) in [4.78, 5) is 25.3. The Kier molecular flexibility index (Phi) is 4.71. The fourth-order valence-corrected chi connectivity index (χ4v) is 5.03. The first-order valence-electron chi connectivity index (χ1n) is 11.2. The Morgan fingerprint density at radius 3 is 2.14 bits per heavy atom. The van der Waals surface area contributed by atoms with Gasteiger partial charge in [0.15, 0.2) is 0 Å². The summed E-state index contributed by atoms with van der Waals surface area (Å²) in [6.45, 7) is 0. The monoisotopic (exact) mass is 494 g/mol. The van der Waals surface area contributed by atoms with Crippen molar-refractivity contribution < 1.29 is 34.8 Å². The second kappa shape index (κ2) is 7.85. The molecule has 6 rings (SSSR count). The van der Waals surface area contributed by atoms with Crippen molar-refractivity contribution in [2.45, 2.75) is 5.54 Å². The Hall–Kier alpha value is -5.31. The maximum atomic E-state index is 13.8. The molecular weight excluding hydrogens is 476 g/mol. The molecule has 0 aliphatic carbocycles. The van der Waals surface area contributed by atoms with Gasteiger partial charge in [0.2, 0.25) is 0 Å². The van der Waals surface area contributed by atoms with Crippen molar-refractivity contribution >= 4 is 18.1 Å². The maximum absolute atomic E-state index is 13.8. The van der Waals surface area contributed by atoms with Crippen molar-refractivity contribution in [1.82, 2.24) is 5.01 Å². The first-order valence-corrected chi connectivity index (χ1v) is 11.2. The topological polar surface area (TPSA) is 140 Å². The van der Waals surface area contributed by atoms with Gasteiger partial charge in [0, 0.05) is 39.9 Å². The van der Waals surface area contributed by atoms with E-state index in [4.69, 9.17) is 4.74 Å². The van der Waals surface area contributed by atoms with Crippen LogP contribution in [-0.4, -0.2) is 43.5 Å². The van der Waals surface area contributed by atoms with E-state index in [9.17, 15) is 30.0 Å². The minimum absolute atomic E-state index is 0.0550. The lowest BCUT2D eigenvalue weighted by atomic mass is 9.75. The summed E-state index contributed by atoms with van der Waals surface area (Å²) in [5.41, 5.74) is 0.454. The number of carboxylic acids is 1. The van der Waals surface area contributed by atoms with Gasteiger partial charge < -0.3 is 25.2 Å². The zero-order valence-corrected chi connectivity index (χ0v) is 19.0. The molecule has 9 nitrogen and oxygen atoms in total. The van der Waals surface area contributed by atoms with Crippen LogP contribution in [0.4, 0.5) is 0 Å². The summed E-state index contributed by atoms with van der Waals surface area (Å²) in [5, 5.41) is 46.0. The maximum Gasteiger partial charge on any atom is 0.339 e. The van der Waals surface area contributed by atoms with Gasteiger partial charge in [-0.15, -0.1) is 0 Å². The van der Waals surface area contributed by atoms with Crippen LogP contribution in [-0.2, 0) is 5.54 Å². The molecule has 0 saturated carbocycles. The highest BCUT2D eigenvalue weighted by molar-refractivity contribution is 6.03. The summed E-state index contributed by atoms with van der Waals surface area (Å²) in [7, 11) is 0. The average molecular weight is 494 g/mol. The van der Waals surface area contributed by atoms with Crippen molar-refractivity contribution in [2.24, 2.45) is 5.10 Å². The van der Waals surface area contributed by atoms with E-state index in [-0.39, 0.29) is 34.1 Å². The number of fused-ring (bicyclic) bond motifs is 6. The normalized spacial score (nSPS) is 14.8. The predicted octanol–water partition coefficient (Wildman–Crippen LogP) is 4.39. The number of aromatic hydroxyl groups is 3. The van der Waals surface area contributed by atoms with E-state index in [1.165, 1.54) is 53.7 Å². The van der Waals surface area contributed by atoms with Crippen molar-refractivity contribution in [1.29, 1.82) is 0 Å². The number of hydrazone groups is 1. The van der Waals surface area contributed by atoms with Crippen LogP contribution in [0.5, 0.6) is 28.7 Å². The molecule has 0 aromatic heterocycles. The summed E-state index contributed by atoms with van der Waals surface area (Å²) >= 11 is 0. The van der Waals surface area contributed by atoms with Crippen molar-refractivity contribution in [2.75, 3.05) is 0 Å². The zero-order chi connectivity index (χ0) is 25.9. The minimum Gasteiger partial charge on any atom is -0.508 e. The first kappa shape index (κ1) is 22.2. The summed E-state index contributed by atoms with van der Waals surface area (Å²) in [6, 6.07) is 20.3. The van der Waals surface area contributed by atoms with Crippen LogP contribution >= 0.6 is 0 Å². The van der Waals surface area contributed by atoms with E-state index >= 15 is 0 Å². The van der Waals surface area contributed by atoms with Crippen molar-refractivity contribution in [3.8, 4) is 28.7 Å². The van der Waals surface area contributed by atoms with Gasteiger partial charge in [0.25, 0.3) is 5.91 Å². The van der Waals surface area contributed by atoms with E-state index in [2.05, 4.69) is 5.10 Å². The zero-order valence-electron chi connectivity index (χ0n) is 19.0. The number of aromatic carboxylic acids is 1. The minimum atomic E-state index is -1.35. The lowest BCUT2D eigenvalue weighted by Crippen LogP contribution is -2.44. The predicted molar refractivity (Wildman–Crippen MR) is 131 cm³/mol. The molecule has 0 saturated heterocycles. The molecule has 2 aliphatic rings. The number of hydrogen-bond acceptors (Lipinski definition) is 7. The molecule has 0 fully saturated rings. The number of phenols is 3. The molecule has 182 valence electrons. The van der Waals surface area contributed by atoms with Crippen LogP contribution in [0.2, 0.25) is 0 Å². The van der Waals surface area contributed by atoms with Gasteiger partial charge in [-0.25, -0.2) is 9.80 Å². The van der Waals surface area contributed by atoms with Crippen molar-refractivity contribution in [3.63, 3.8) is 0 Å². The van der Waals surface area contributed by atoms with Crippen LogP contribution in [0.3, 0.4) is 0 Å². The quantitative estimate of drug-likeness (QED) is 0.310. The highest BCUT2D eigenvalue weighted by atomic mass is 16.5. The van der Waals surface area contributed by atoms with Crippen LogP contribution in [0.25, 0.3) is 0 Å². The molecule has 4 aromatic carbocycles. The Bertz CT molecular complexity index is 1610. The lowest BCUT2D eigenvalue weighted by Gasteiger charge is -2.41. The van der Waals surface area contributed by atoms with Crippen molar-refractivity contribution in [3.05, 3.63) is 112 Å². The fraction of sp³-hybridized carbons (Fsp3) is 0.0357. The summed E-state index contributed by atoms with van der Waals surface area (Å²) < 4.78 is 6.03. The Morgan fingerprint density at radius 2 is 1.49 bits per heavy atom. The molecule has 9 heteroatoms. The fourth-order valence-electron chi connectivity index (χ4n) is 5.03. The number of para-hydroxylation sites is 1. The molecule has 0 atom stereocenters. The van der Waals surface area contributed by atoms with Gasteiger partial charge >= 0.3 is 5.97 Å². The number of carbonyl (C=O) groups excluding carboxylic acids is 1. The van der Waals surface area contributed by atoms with E-state index in [1.807, 2.05) is 0 Å². The summed E-state index contributed by atoms with van der Waals surface area (Å²) in [6.07, 6.45) is 1.23. The number of hydrogen-bond donors (Lipinski definition) is 4. The van der Waals surface area contributed by atoms with Gasteiger partial charge in [-0.05, 0) is 42.5 Å². The standard InChI is InChI=1S/C28H18N2O7/c31-16-8-10-21-23(12-16)37-24-13-17(32)9-11-22(24)28(21)20-7-2-1-5-18(20)26(34)30(28)29-14-15-4-3-6-19(25(15)33)27(35)36/h1-14,31-33H,(H,35,36). The molecule has 0 bridgehead atoms. The number of rotatable bonds is 3. The van der Waals surface area contributed by atoms with Crippen LogP contribution in [0.1, 0.15) is 43.0 Å². The molecule has 4 aromatic rings.